The van der Waals surface area contributed by atoms with Gasteiger partial charge in [0, 0.05) is 31.4 Å². The zero-order valence-electron chi connectivity index (χ0n) is 16.3. The largest absolute Gasteiger partial charge is 0.494 e. The Hall–Kier alpha value is -2.08. The molecule has 1 aromatic heterocycles. The van der Waals surface area contributed by atoms with Crippen molar-refractivity contribution in [1.82, 2.24) is 15.6 Å². The Balaban J connectivity index is 1.71. The summed E-state index contributed by atoms with van der Waals surface area (Å²) in [6.07, 6.45) is 2.86. The Morgan fingerprint density at radius 2 is 1.96 bits per heavy atom. The molecule has 0 aliphatic carbocycles. The molecule has 0 saturated heterocycles. The molecule has 0 aliphatic heterocycles. The van der Waals surface area contributed by atoms with Gasteiger partial charge in [-0.05, 0) is 44.4 Å². The maximum absolute atomic E-state index is 5.69. The fraction of sp³-hybridized carbons (Fsp3) is 0.500. The molecule has 26 heavy (non-hydrogen) atoms. The molecule has 0 fully saturated rings. The van der Waals surface area contributed by atoms with E-state index in [0.29, 0.717) is 0 Å². The third kappa shape index (κ3) is 6.67. The third-order valence-corrected chi connectivity index (χ3v) is 5.14. The van der Waals surface area contributed by atoms with Crippen LogP contribution in [0.25, 0.3) is 0 Å². The van der Waals surface area contributed by atoms with Gasteiger partial charge in [0.25, 0.3) is 0 Å². The van der Waals surface area contributed by atoms with E-state index < -0.39 is 0 Å². The summed E-state index contributed by atoms with van der Waals surface area (Å²) in [5.74, 6) is 1.77. The SMILES string of the molecule is CCCOc1cccc(CCNC(=NC)NCCc2nc(C)c(C)s2)c1. The average Bonchev–Trinajstić information content (AvgIpc) is 2.96. The van der Waals surface area contributed by atoms with Gasteiger partial charge in [-0.25, -0.2) is 4.98 Å². The maximum Gasteiger partial charge on any atom is 0.191 e. The Morgan fingerprint density at radius 3 is 2.62 bits per heavy atom. The summed E-state index contributed by atoms with van der Waals surface area (Å²) in [5, 5.41) is 7.89. The Labute approximate surface area is 160 Å². The fourth-order valence-corrected chi connectivity index (χ4v) is 3.42. The molecule has 1 heterocycles. The van der Waals surface area contributed by atoms with Crippen LogP contribution < -0.4 is 15.4 Å². The molecule has 0 spiro atoms. The molecule has 6 heteroatoms. The van der Waals surface area contributed by atoms with Gasteiger partial charge >= 0.3 is 0 Å². The Morgan fingerprint density at radius 1 is 1.19 bits per heavy atom. The van der Waals surface area contributed by atoms with Gasteiger partial charge in [-0.3, -0.25) is 4.99 Å². The molecular weight excluding hydrogens is 344 g/mol. The van der Waals surface area contributed by atoms with Crippen molar-refractivity contribution < 1.29 is 4.74 Å². The normalized spacial score (nSPS) is 11.5. The topological polar surface area (TPSA) is 58.5 Å². The van der Waals surface area contributed by atoms with Crippen LogP contribution in [0.1, 0.15) is 34.5 Å². The van der Waals surface area contributed by atoms with Crippen LogP contribution in [-0.2, 0) is 12.8 Å². The van der Waals surface area contributed by atoms with Gasteiger partial charge in [-0.2, -0.15) is 0 Å². The number of hydrogen-bond donors (Lipinski definition) is 2. The lowest BCUT2D eigenvalue weighted by Crippen LogP contribution is -2.39. The minimum atomic E-state index is 0.760. The highest BCUT2D eigenvalue weighted by molar-refractivity contribution is 7.11. The highest BCUT2D eigenvalue weighted by Gasteiger charge is 2.04. The highest BCUT2D eigenvalue weighted by atomic mass is 32.1. The number of nitrogens with zero attached hydrogens (tertiary/aromatic N) is 2. The summed E-state index contributed by atoms with van der Waals surface area (Å²) < 4.78 is 5.69. The molecule has 0 aliphatic rings. The average molecular weight is 375 g/mol. The molecular formula is C20H30N4OS. The van der Waals surface area contributed by atoms with Crippen molar-refractivity contribution in [3.8, 4) is 5.75 Å². The maximum atomic E-state index is 5.69. The molecule has 0 bridgehead atoms. The molecule has 0 atom stereocenters. The number of guanidine groups is 1. The van der Waals surface area contributed by atoms with Crippen LogP contribution in [-0.4, -0.2) is 37.7 Å². The predicted octanol–water partition coefficient (Wildman–Crippen LogP) is 3.50. The molecule has 2 aromatic rings. The van der Waals surface area contributed by atoms with E-state index in [1.165, 1.54) is 15.4 Å². The fourth-order valence-electron chi connectivity index (χ4n) is 2.49. The van der Waals surface area contributed by atoms with Gasteiger partial charge < -0.3 is 15.4 Å². The summed E-state index contributed by atoms with van der Waals surface area (Å²) in [5.41, 5.74) is 2.40. The van der Waals surface area contributed by atoms with Crippen molar-refractivity contribution in [2.75, 3.05) is 26.7 Å². The second-order valence-electron chi connectivity index (χ2n) is 6.17. The van der Waals surface area contributed by atoms with Crippen LogP contribution in [0.5, 0.6) is 5.75 Å². The van der Waals surface area contributed by atoms with Gasteiger partial charge in [-0.15, -0.1) is 11.3 Å². The number of ether oxygens (including phenoxy) is 1. The molecule has 0 radical (unpaired) electrons. The van der Waals surface area contributed by atoms with E-state index in [0.717, 1.165) is 56.4 Å². The van der Waals surface area contributed by atoms with Gasteiger partial charge in [0.2, 0.25) is 0 Å². The Kier molecular flexibility index (Phi) is 8.41. The summed E-state index contributed by atoms with van der Waals surface area (Å²) in [6, 6.07) is 8.30. The van der Waals surface area contributed by atoms with Crippen LogP contribution in [0.2, 0.25) is 0 Å². The lowest BCUT2D eigenvalue weighted by molar-refractivity contribution is 0.317. The first-order chi connectivity index (χ1) is 12.6. The van der Waals surface area contributed by atoms with Crippen molar-refractivity contribution in [1.29, 1.82) is 0 Å². The molecule has 2 N–H and O–H groups in total. The monoisotopic (exact) mass is 374 g/mol. The first kappa shape index (κ1) is 20.2. The van der Waals surface area contributed by atoms with Crippen molar-refractivity contribution in [2.45, 2.75) is 40.0 Å². The number of hydrogen-bond acceptors (Lipinski definition) is 4. The molecule has 1 aromatic carbocycles. The van der Waals surface area contributed by atoms with E-state index in [4.69, 9.17) is 4.74 Å². The van der Waals surface area contributed by atoms with Gasteiger partial charge in [0.05, 0.1) is 17.3 Å². The third-order valence-electron chi connectivity index (χ3n) is 4.01. The molecule has 0 saturated carbocycles. The van der Waals surface area contributed by atoms with Crippen molar-refractivity contribution in [3.05, 3.63) is 45.4 Å². The zero-order valence-corrected chi connectivity index (χ0v) is 17.1. The lowest BCUT2D eigenvalue weighted by Gasteiger charge is -2.12. The van der Waals surface area contributed by atoms with Crippen LogP contribution in [0.3, 0.4) is 0 Å². The second-order valence-corrected chi connectivity index (χ2v) is 7.46. The number of aliphatic imine (C=N–C) groups is 1. The van der Waals surface area contributed by atoms with Gasteiger partial charge in [0.15, 0.2) is 5.96 Å². The standard InChI is InChI=1S/C20H30N4OS/c1-5-13-25-18-8-6-7-17(14-18)9-11-22-20(21-4)23-12-10-19-24-15(2)16(3)26-19/h6-8,14H,5,9-13H2,1-4H3,(H2,21,22,23). The first-order valence-electron chi connectivity index (χ1n) is 9.21. The Bertz CT molecular complexity index is 692. The minimum absolute atomic E-state index is 0.760. The molecule has 142 valence electrons. The van der Waals surface area contributed by atoms with E-state index in [-0.39, 0.29) is 0 Å². The quantitative estimate of drug-likeness (QED) is 0.521. The van der Waals surface area contributed by atoms with Crippen molar-refractivity contribution in [3.63, 3.8) is 0 Å². The number of aryl methyl sites for hydroxylation is 2. The van der Waals surface area contributed by atoms with E-state index >= 15 is 0 Å². The lowest BCUT2D eigenvalue weighted by atomic mass is 10.1. The number of rotatable bonds is 9. The zero-order chi connectivity index (χ0) is 18.8. The summed E-state index contributed by atoms with van der Waals surface area (Å²) in [4.78, 5) is 10.2. The minimum Gasteiger partial charge on any atom is -0.494 e. The molecule has 0 amide bonds. The summed E-state index contributed by atoms with van der Waals surface area (Å²) in [7, 11) is 1.80. The highest BCUT2D eigenvalue weighted by Crippen LogP contribution is 2.16. The number of aromatic nitrogens is 1. The van der Waals surface area contributed by atoms with Crippen molar-refractivity contribution >= 4 is 17.3 Å². The number of benzene rings is 1. The smallest absolute Gasteiger partial charge is 0.191 e. The number of thiazole rings is 1. The second kappa shape index (κ2) is 10.8. The van der Waals surface area contributed by atoms with Gasteiger partial charge in [0.1, 0.15) is 5.75 Å². The number of nitrogens with one attached hydrogen (secondary N) is 2. The van der Waals surface area contributed by atoms with Crippen LogP contribution >= 0.6 is 11.3 Å². The van der Waals surface area contributed by atoms with Crippen molar-refractivity contribution in [2.24, 2.45) is 4.99 Å². The van der Waals surface area contributed by atoms with E-state index in [2.05, 4.69) is 53.5 Å². The first-order valence-corrected chi connectivity index (χ1v) is 10.0. The van der Waals surface area contributed by atoms with Gasteiger partial charge in [-0.1, -0.05) is 19.1 Å². The molecule has 0 unspecified atom stereocenters. The van der Waals surface area contributed by atoms with E-state index in [1.807, 2.05) is 12.1 Å². The van der Waals surface area contributed by atoms with E-state index in [9.17, 15) is 0 Å². The molecule has 2 rings (SSSR count). The predicted molar refractivity (Wildman–Crippen MR) is 111 cm³/mol. The van der Waals surface area contributed by atoms with Crippen LogP contribution in [0.15, 0.2) is 29.3 Å². The summed E-state index contributed by atoms with van der Waals surface area (Å²) >= 11 is 1.77. The summed E-state index contributed by atoms with van der Waals surface area (Å²) in [6.45, 7) is 8.71. The van der Waals surface area contributed by atoms with Crippen LogP contribution in [0.4, 0.5) is 0 Å². The van der Waals surface area contributed by atoms with E-state index in [1.54, 1.807) is 18.4 Å². The van der Waals surface area contributed by atoms with Crippen LogP contribution in [0, 0.1) is 13.8 Å². The molecule has 5 nitrogen and oxygen atoms in total.